The topological polar surface area (TPSA) is 24.9 Å². The third kappa shape index (κ3) is 4.58. The highest BCUT2D eigenvalue weighted by Gasteiger charge is 2.09. The largest absolute Gasteiger partial charge is 0.314 e. The van der Waals surface area contributed by atoms with E-state index in [9.17, 15) is 0 Å². The fraction of sp³-hybridized carbons (Fsp3) is 0.500. The molecule has 1 aromatic rings. The number of aromatic nitrogens is 1. The summed E-state index contributed by atoms with van der Waals surface area (Å²) in [6.45, 7) is 9.27. The maximum atomic E-state index is 4.11. The molecule has 0 saturated heterocycles. The number of pyridine rings is 1. The van der Waals surface area contributed by atoms with Gasteiger partial charge in [0, 0.05) is 18.4 Å². The van der Waals surface area contributed by atoms with Crippen LogP contribution >= 0.6 is 0 Å². The van der Waals surface area contributed by atoms with Crippen molar-refractivity contribution in [1.29, 1.82) is 0 Å². The van der Waals surface area contributed by atoms with Crippen molar-refractivity contribution in [3.8, 4) is 0 Å². The van der Waals surface area contributed by atoms with Crippen LogP contribution in [0.15, 0.2) is 37.2 Å². The van der Waals surface area contributed by atoms with Crippen LogP contribution in [-0.4, -0.2) is 17.6 Å². The van der Waals surface area contributed by atoms with Gasteiger partial charge < -0.3 is 5.32 Å². The summed E-state index contributed by atoms with van der Waals surface area (Å²) in [6.07, 6.45) is 7.84. The molecule has 2 atom stereocenters. The Hall–Kier alpha value is -1.15. The number of allylic oxidation sites excluding steroid dienone is 1. The van der Waals surface area contributed by atoms with E-state index < -0.39 is 0 Å². The van der Waals surface area contributed by atoms with Crippen LogP contribution in [0, 0.1) is 5.92 Å². The van der Waals surface area contributed by atoms with Crippen molar-refractivity contribution in [2.75, 3.05) is 6.54 Å². The molecule has 1 heterocycles. The predicted octanol–water partition coefficient (Wildman–Crippen LogP) is 2.81. The molecular weight excluding hydrogens is 196 g/mol. The standard InChI is InChI=1S/C14H22N2/c1-4-6-12(2)13(3)16-10-8-14-7-5-9-15-11-14/h4-5,7,9,11-13,16H,1,6,8,10H2,2-3H3. The Labute approximate surface area is 98.8 Å². The molecular formula is C14H22N2. The molecule has 0 fully saturated rings. The Bertz CT molecular complexity index is 295. The Morgan fingerprint density at radius 3 is 2.94 bits per heavy atom. The zero-order valence-corrected chi connectivity index (χ0v) is 10.3. The van der Waals surface area contributed by atoms with Gasteiger partial charge in [-0.05, 0) is 43.9 Å². The summed E-state index contributed by atoms with van der Waals surface area (Å²) in [4.78, 5) is 4.11. The molecule has 0 aliphatic rings. The van der Waals surface area contributed by atoms with Gasteiger partial charge in [0.1, 0.15) is 0 Å². The minimum atomic E-state index is 0.537. The van der Waals surface area contributed by atoms with Crippen molar-refractivity contribution in [2.45, 2.75) is 32.7 Å². The van der Waals surface area contributed by atoms with Gasteiger partial charge in [-0.3, -0.25) is 4.98 Å². The van der Waals surface area contributed by atoms with E-state index in [-0.39, 0.29) is 0 Å². The second kappa shape index (κ2) is 7.18. The highest BCUT2D eigenvalue weighted by Crippen LogP contribution is 2.08. The van der Waals surface area contributed by atoms with Crippen LogP contribution in [-0.2, 0) is 6.42 Å². The molecule has 0 aliphatic heterocycles. The molecule has 88 valence electrons. The van der Waals surface area contributed by atoms with Crippen molar-refractivity contribution in [3.05, 3.63) is 42.7 Å². The van der Waals surface area contributed by atoms with Crippen LogP contribution in [0.4, 0.5) is 0 Å². The average Bonchev–Trinajstić information content (AvgIpc) is 2.30. The van der Waals surface area contributed by atoms with Crippen LogP contribution in [0.1, 0.15) is 25.8 Å². The van der Waals surface area contributed by atoms with Gasteiger partial charge in [0.05, 0.1) is 0 Å². The zero-order chi connectivity index (χ0) is 11.8. The molecule has 2 unspecified atom stereocenters. The van der Waals surface area contributed by atoms with Gasteiger partial charge in [-0.25, -0.2) is 0 Å². The van der Waals surface area contributed by atoms with Crippen LogP contribution in [0.3, 0.4) is 0 Å². The van der Waals surface area contributed by atoms with Crippen molar-refractivity contribution in [1.82, 2.24) is 10.3 Å². The van der Waals surface area contributed by atoms with E-state index in [2.05, 4.69) is 36.8 Å². The van der Waals surface area contributed by atoms with Crippen molar-refractivity contribution in [2.24, 2.45) is 5.92 Å². The van der Waals surface area contributed by atoms with Gasteiger partial charge >= 0.3 is 0 Å². The molecule has 0 aromatic carbocycles. The van der Waals surface area contributed by atoms with E-state index in [0.717, 1.165) is 19.4 Å². The maximum Gasteiger partial charge on any atom is 0.0300 e. The SMILES string of the molecule is C=CCC(C)C(C)NCCc1cccnc1. The predicted molar refractivity (Wildman–Crippen MR) is 69.4 cm³/mol. The fourth-order valence-corrected chi connectivity index (χ4v) is 1.66. The molecule has 0 saturated carbocycles. The highest BCUT2D eigenvalue weighted by molar-refractivity contribution is 5.08. The first kappa shape index (κ1) is 12.9. The summed E-state index contributed by atoms with van der Waals surface area (Å²) < 4.78 is 0. The molecule has 2 heteroatoms. The van der Waals surface area contributed by atoms with Crippen LogP contribution < -0.4 is 5.32 Å². The molecule has 0 spiro atoms. The van der Waals surface area contributed by atoms with Gasteiger partial charge in [-0.2, -0.15) is 0 Å². The summed E-state index contributed by atoms with van der Waals surface area (Å²) >= 11 is 0. The lowest BCUT2D eigenvalue weighted by Crippen LogP contribution is -2.33. The van der Waals surface area contributed by atoms with Gasteiger partial charge in [-0.15, -0.1) is 6.58 Å². The Balaban J connectivity index is 2.22. The quantitative estimate of drug-likeness (QED) is 0.712. The Morgan fingerprint density at radius 1 is 1.50 bits per heavy atom. The van der Waals surface area contributed by atoms with Crippen molar-refractivity contribution in [3.63, 3.8) is 0 Å². The lowest BCUT2D eigenvalue weighted by molar-refractivity contribution is 0.406. The number of rotatable bonds is 7. The van der Waals surface area contributed by atoms with Crippen molar-refractivity contribution >= 4 is 0 Å². The summed E-state index contributed by atoms with van der Waals surface area (Å²) in [5.41, 5.74) is 1.29. The number of nitrogens with one attached hydrogen (secondary N) is 1. The van der Waals surface area contributed by atoms with Gasteiger partial charge in [0.25, 0.3) is 0 Å². The lowest BCUT2D eigenvalue weighted by atomic mass is 10.00. The van der Waals surface area contributed by atoms with Crippen LogP contribution in [0.5, 0.6) is 0 Å². The Kier molecular flexibility index (Phi) is 5.79. The minimum absolute atomic E-state index is 0.537. The fourth-order valence-electron chi connectivity index (χ4n) is 1.66. The molecule has 0 aliphatic carbocycles. The first-order chi connectivity index (χ1) is 7.74. The monoisotopic (exact) mass is 218 g/mol. The second-order valence-corrected chi connectivity index (χ2v) is 4.36. The first-order valence-electron chi connectivity index (χ1n) is 5.97. The summed E-state index contributed by atoms with van der Waals surface area (Å²) in [5, 5.41) is 3.54. The van der Waals surface area contributed by atoms with E-state index in [1.165, 1.54) is 5.56 Å². The highest BCUT2D eigenvalue weighted by atomic mass is 14.9. The van der Waals surface area contributed by atoms with Crippen LogP contribution in [0.2, 0.25) is 0 Å². The number of nitrogens with zero attached hydrogens (tertiary/aromatic N) is 1. The summed E-state index contributed by atoms with van der Waals surface area (Å²) in [5.74, 6) is 0.645. The van der Waals surface area contributed by atoms with E-state index >= 15 is 0 Å². The molecule has 0 radical (unpaired) electrons. The van der Waals surface area contributed by atoms with E-state index in [1.54, 1.807) is 0 Å². The third-order valence-electron chi connectivity index (χ3n) is 2.99. The molecule has 16 heavy (non-hydrogen) atoms. The average molecular weight is 218 g/mol. The van der Waals surface area contributed by atoms with E-state index in [4.69, 9.17) is 0 Å². The van der Waals surface area contributed by atoms with Gasteiger partial charge in [-0.1, -0.05) is 19.1 Å². The molecule has 1 aromatic heterocycles. The molecule has 2 nitrogen and oxygen atoms in total. The van der Waals surface area contributed by atoms with Crippen LogP contribution in [0.25, 0.3) is 0 Å². The molecule has 0 amide bonds. The van der Waals surface area contributed by atoms with Gasteiger partial charge in [0.2, 0.25) is 0 Å². The lowest BCUT2D eigenvalue weighted by Gasteiger charge is -2.20. The van der Waals surface area contributed by atoms with E-state index in [0.29, 0.717) is 12.0 Å². The Morgan fingerprint density at radius 2 is 2.31 bits per heavy atom. The number of hydrogen-bond acceptors (Lipinski definition) is 2. The zero-order valence-electron chi connectivity index (χ0n) is 10.3. The number of hydrogen-bond donors (Lipinski definition) is 1. The molecule has 1 rings (SSSR count). The molecule has 0 bridgehead atoms. The van der Waals surface area contributed by atoms with E-state index in [1.807, 2.05) is 24.5 Å². The minimum Gasteiger partial charge on any atom is -0.314 e. The summed E-state index contributed by atoms with van der Waals surface area (Å²) in [7, 11) is 0. The first-order valence-corrected chi connectivity index (χ1v) is 5.97. The maximum absolute atomic E-state index is 4.11. The smallest absolute Gasteiger partial charge is 0.0300 e. The second-order valence-electron chi connectivity index (χ2n) is 4.36. The van der Waals surface area contributed by atoms with Gasteiger partial charge in [0.15, 0.2) is 0 Å². The normalized spacial score (nSPS) is 14.4. The molecule has 1 N–H and O–H groups in total. The summed E-state index contributed by atoms with van der Waals surface area (Å²) in [6, 6.07) is 4.64. The van der Waals surface area contributed by atoms with Crippen molar-refractivity contribution < 1.29 is 0 Å². The third-order valence-corrected chi connectivity index (χ3v) is 2.99.